The summed E-state index contributed by atoms with van der Waals surface area (Å²) in [6.45, 7) is 2.20. The van der Waals surface area contributed by atoms with Gasteiger partial charge in [0.05, 0.1) is 11.5 Å². The molecule has 32 heavy (non-hydrogen) atoms. The Morgan fingerprint density at radius 3 is 2.38 bits per heavy atom. The number of anilines is 1. The standard InChI is InChI=1S/C26H26N2O3S/c1-2-7-15-12-13-18-21(14-15)32-26(23(18)24(27)29)28-25(30)22-16-8-3-5-10-19(16)31-20-11-6-4-9-17(20)22/h3-6,8-11,15,22H,2,7,12-14H2,1H3,(H2,27,29)(H,28,30)/t15-/m1/s1. The fourth-order valence-corrected chi connectivity index (χ4v) is 6.40. The van der Waals surface area contributed by atoms with Crippen molar-refractivity contribution in [1.82, 2.24) is 0 Å². The summed E-state index contributed by atoms with van der Waals surface area (Å²) in [5.41, 5.74) is 8.92. The maximum Gasteiger partial charge on any atom is 0.251 e. The molecule has 2 aliphatic rings. The van der Waals surface area contributed by atoms with Crippen LogP contribution >= 0.6 is 11.3 Å². The van der Waals surface area contributed by atoms with Gasteiger partial charge in [-0.1, -0.05) is 56.2 Å². The number of benzene rings is 2. The summed E-state index contributed by atoms with van der Waals surface area (Å²) in [5, 5.41) is 3.65. The van der Waals surface area contributed by atoms with Gasteiger partial charge in [-0.15, -0.1) is 11.3 Å². The van der Waals surface area contributed by atoms with Crippen LogP contribution in [0.25, 0.3) is 0 Å². The Bertz CT molecular complexity index is 1150. The number of carbonyl (C=O) groups excluding carboxylic acids is 2. The van der Waals surface area contributed by atoms with Crippen LogP contribution in [-0.2, 0) is 17.6 Å². The smallest absolute Gasteiger partial charge is 0.251 e. The van der Waals surface area contributed by atoms with Crippen LogP contribution in [0.15, 0.2) is 48.5 Å². The van der Waals surface area contributed by atoms with Gasteiger partial charge in [0, 0.05) is 16.0 Å². The van der Waals surface area contributed by atoms with Gasteiger partial charge in [-0.3, -0.25) is 9.59 Å². The number of rotatable bonds is 5. The average Bonchev–Trinajstić information content (AvgIpc) is 3.14. The first-order chi connectivity index (χ1) is 15.6. The third kappa shape index (κ3) is 3.58. The van der Waals surface area contributed by atoms with Crippen molar-refractivity contribution in [2.24, 2.45) is 11.7 Å². The molecule has 0 spiro atoms. The molecule has 2 heterocycles. The van der Waals surface area contributed by atoms with Crippen LogP contribution in [0.4, 0.5) is 5.00 Å². The lowest BCUT2D eigenvalue weighted by Crippen LogP contribution is -2.26. The molecular formula is C26H26N2O3S. The molecule has 5 nitrogen and oxygen atoms in total. The van der Waals surface area contributed by atoms with E-state index in [1.54, 1.807) is 0 Å². The van der Waals surface area contributed by atoms with E-state index >= 15 is 0 Å². The Hall–Kier alpha value is -3.12. The zero-order valence-electron chi connectivity index (χ0n) is 18.0. The molecule has 1 aromatic heterocycles. The van der Waals surface area contributed by atoms with Crippen molar-refractivity contribution in [3.63, 3.8) is 0 Å². The van der Waals surface area contributed by atoms with E-state index in [1.807, 2.05) is 48.5 Å². The summed E-state index contributed by atoms with van der Waals surface area (Å²) < 4.78 is 6.02. The van der Waals surface area contributed by atoms with Crippen molar-refractivity contribution in [3.05, 3.63) is 75.7 Å². The van der Waals surface area contributed by atoms with E-state index in [0.717, 1.165) is 42.4 Å². The number of amides is 2. The topological polar surface area (TPSA) is 81.4 Å². The number of primary amides is 1. The van der Waals surface area contributed by atoms with Gasteiger partial charge in [-0.2, -0.15) is 0 Å². The number of fused-ring (bicyclic) bond motifs is 3. The van der Waals surface area contributed by atoms with E-state index in [0.29, 0.717) is 28.0 Å². The summed E-state index contributed by atoms with van der Waals surface area (Å²) in [6.07, 6.45) is 5.19. The van der Waals surface area contributed by atoms with Crippen molar-refractivity contribution in [2.75, 3.05) is 5.32 Å². The summed E-state index contributed by atoms with van der Waals surface area (Å²) >= 11 is 1.51. The molecule has 1 atom stereocenters. The number of hydrogen-bond donors (Lipinski definition) is 2. The van der Waals surface area contributed by atoms with Gasteiger partial charge in [0.2, 0.25) is 5.91 Å². The third-order valence-electron chi connectivity index (χ3n) is 6.49. The van der Waals surface area contributed by atoms with Crippen molar-refractivity contribution >= 4 is 28.2 Å². The summed E-state index contributed by atoms with van der Waals surface area (Å²) in [5.74, 6) is 0.802. The Balaban J connectivity index is 1.51. The number of carbonyl (C=O) groups is 2. The van der Waals surface area contributed by atoms with E-state index in [4.69, 9.17) is 10.5 Å². The Morgan fingerprint density at radius 2 is 1.75 bits per heavy atom. The quantitative estimate of drug-likeness (QED) is 0.533. The van der Waals surface area contributed by atoms with Gasteiger partial charge in [0.1, 0.15) is 16.5 Å². The molecule has 5 rings (SSSR count). The minimum Gasteiger partial charge on any atom is -0.457 e. The van der Waals surface area contributed by atoms with Crippen molar-refractivity contribution in [2.45, 2.75) is 44.9 Å². The number of thiophene rings is 1. The minimum atomic E-state index is -0.524. The van der Waals surface area contributed by atoms with Crippen LogP contribution in [0.5, 0.6) is 11.5 Å². The molecule has 2 aromatic carbocycles. The van der Waals surface area contributed by atoms with E-state index in [-0.39, 0.29) is 5.91 Å². The summed E-state index contributed by atoms with van der Waals surface area (Å²) in [6, 6.07) is 15.2. The molecule has 1 aliphatic carbocycles. The molecule has 0 fully saturated rings. The van der Waals surface area contributed by atoms with Gasteiger partial charge in [0.25, 0.3) is 5.91 Å². The predicted molar refractivity (Wildman–Crippen MR) is 127 cm³/mol. The largest absolute Gasteiger partial charge is 0.457 e. The van der Waals surface area contributed by atoms with E-state index in [2.05, 4.69) is 12.2 Å². The average molecular weight is 447 g/mol. The van der Waals surface area contributed by atoms with Crippen LogP contribution in [0.1, 0.15) is 64.0 Å². The van der Waals surface area contributed by atoms with Crippen LogP contribution in [0, 0.1) is 5.92 Å². The normalized spacial score (nSPS) is 17.0. The molecule has 0 radical (unpaired) electrons. The Labute approximate surface area is 191 Å². The van der Waals surface area contributed by atoms with Gasteiger partial charge in [-0.05, 0) is 42.9 Å². The second kappa shape index (κ2) is 8.43. The van der Waals surface area contributed by atoms with Gasteiger partial charge < -0.3 is 15.8 Å². The summed E-state index contributed by atoms with van der Waals surface area (Å²) in [4.78, 5) is 27.2. The molecule has 1 aliphatic heterocycles. The highest BCUT2D eigenvalue weighted by Gasteiger charge is 2.34. The molecule has 0 saturated carbocycles. The first kappa shape index (κ1) is 20.8. The molecule has 0 saturated heterocycles. The van der Waals surface area contributed by atoms with Crippen LogP contribution < -0.4 is 15.8 Å². The first-order valence-electron chi connectivity index (χ1n) is 11.2. The zero-order valence-corrected chi connectivity index (χ0v) is 18.8. The van der Waals surface area contributed by atoms with Crippen LogP contribution in [0.3, 0.4) is 0 Å². The second-order valence-electron chi connectivity index (χ2n) is 8.57. The fourth-order valence-electron chi connectivity index (χ4n) is 5.03. The molecule has 164 valence electrons. The molecule has 3 aromatic rings. The molecular weight excluding hydrogens is 420 g/mol. The number of hydrogen-bond acceptors (Lipinski definition) is 4. The Kier molecular flexibility index (Phi) is 5.47. The maximum absolute atomic E-state index is 13.6. The zero-order chi connectivity index (χ0) is 22.2. The Morgan fingerprint density at radius 1 is 1.09 bits per heavy atom. The molecule has 6 heteroatoms. The van der Waals surface area contributed by atoms with Crippen molar-refractivity contribution < 1.29 is 14.3 Å². The SMILES string of the molecule is CCC[C@@H]1CCc2c(sc(NC(=O)C3c4ccccc4Oc4ccccc43)c2C(N)=O)C1. The third-order valence-corrected chi connectivity index (χ3v) is 7.66. The van der Waals surface area contributed by atoms with E-state index in [9.17, 15) is 9.59 Å². The van der Waals surface area contributed by atoms with Crippen LogP contribution in [-0.4, -0.2) is 11.8 Å². The highest BCUT2D eigenvalue weighted by Crippen LogP contribution is 2.46. The lowest BCUT2D eigenvalue weighted by molar-refractivity contribution is -0.116. The highest BCUT2D eigenvalue weighted by molar-refractivity contribution is 7.17. The second-order valence-corrected chi connectivity index (χ2v) is 9.67. The minimum absolute atomic E-state index is 0.181. The summed E-state index contributed by atoms with van der Waals surface area (Å²) in [7, 11) is 0. The number of para-hydroxylation sites is 2. The number of nitrogens with one attached hydrogen (secondary N) is 1. The monoisotopic (exact) mass is 446 g/mol. The van der Waals surface area contributed by atoms with E-state index < -0.39 is 11.8 Å². The van der Waals surface area contributed by atoms with Gasteiger partial charge >= 0.3 is 0 Å². The van der Waals surface area contributed by atoms with Crippen LogP contribution in [0.2, 0.25) is 0 Å². The first-order valence-corrected chi connectivity index (χ1v) is 12.0. The van der Waals surface area contributed by atoms with Gasteiger partial charge in [0.15, 0.2) is 0 Å². The fraction of sp³-hybridized carbons (Fsp3) is 0.308. The van der Waals surface area contributed by atoms with Gasteiger partial charge in [-0.25, -0.2) is 0 Å². The number of ether oxygens (including phenoxy) is 1. The van der Waals surface area contributed by atoms with Crippen molar-refractivity contribution in [1.29, 1.82) is 0 Å². The molecule has 0 bridgehead atoms. The maximum atomic E-state index is 13.6. The lowest BCUT2D eigenvalue weighted by Gasteiger charge is -2.27. The molecule has 3 N–H and O–H groups in total. The molecule has 2 amide bonds. The van der Waals surface area contributed by atoms with E-state index in [1.165, 1.54) is 22.6 Å². The molecule has 0 unspecified atom stereocenters. The predicted octanol–water partition coefficient (Wildman–Crippen LogP) is 5.63. The lowest BCUT2D eigenvalue weighted by atomic mass is 9.84. The highest BCUT2D eigenvalue weighted by atomic mass is 32.1. The van der Waals surface area contributed by atoms with Crippen molar-refractivity contribution in [3.8, 4) is 11.5 Å². The number of nitrogens with two attached hydrogens (primary N) is 1.